The highest BCUT2D eigenvalue weighted by molar-refractivity contribution is 5.79. The Morgan fingerprint density at radius 3 is 2.78 bits per heavy atom. The zero-order valence-electron chi connectivity index (χ0n) is 16.1. The first-order chi connectivity index (χ1) is 13.2. The van der Waals surface area contributed by atoms with Crippen LogP contribution in [0, 0.1) is 11.7 Å². The lowest BCUT2D eigenvalue weighted by molar-refractivity contribution is -0.140. The van der Waals surface area contributed by atoms with Gasteiger partial charge in [0.25, 0.3) is 0 Å². The molecule has 2 N–H and O–H groups in total. The number of rotatable bonds is 7. The SMILES string of the molecule is NCCCOC1CCN(C(=O)C2CCCN(Cc3cccc(F)c3)C2)CC1. The Morgan fingerprint density at radius 1 is 1.22 bits per heavy atom. The van der Waals surface area contributed by atoms with Crippen molar-refractivity contribution in [1.29, 1.82) is 0 Å². The van der Waals surface area contributed by atoms with Crippen LogP contribution in [0.1, 0.15) is 37.7 Å². The van der Waals surface area contributed by atoms with Crippen LogP contribution in [0.2, 0.25) is 0 Å². The number of ether oxygens (including phenoxy) is 1. The third-order valence-corrected chi connectivity index (χ3v) is 5.61. The summed E-state index contributed by atoms with van der Waals surface area (Å²) < 4.78 is 19.2. The van der Waals surface area contributed by atoms with Crippen molar-refractivity contribution >= 4 is 5.91 Å². The van der Waals surface area contributed by atoms with Crippen molar-refractivity contribution in [1.82, 2.24) is 9.80 Å². The molecule has 27 heavy (non-hydrogen) atoms. The van der Waals surface area contributed by atoms with E-state index in [0.717, 1.165) is 63.8 Å². The van der Waals surface area contributed by atoms with Gasteiger partial charge < -0.3 is 15.4 Å². The highest BCUT2D eigenvalue weighted by Crippen LogP contribution is 2.23. The Bertz CT molecular complexity index is 605. The molecule has 0 bridgehead atoms. The van der Waals surface area contributed by atoms with E-state index in [1.165, 1.54) is 6.07 Å². The van der Waals surface area contributed by atoms with Crippen molar-refractivity contribution in [2.45, 2.75) is 44.8 Å². The smallest absolute Gasteiger partial charge is 0.226 e. The maximum atomic E-state index is 13.4. The minimum absolute atomic E-state index is 0.0574. The standard InChI is InChI=1S/C21H32FN3O2/c22-19-6-1-4-17(14-19)15-24-10-2-5-18(16-24)21(26)25-11-7-20(8-12-25)27-13-3-9-23/h1,4,6,14,18,20H,2-3,5,7-13,15-16,23H2. The van der Waals surface area contributed by atoms with Crippen LogP contribution in [0.3, 0.4) is 0 Å². The first kappa shape index (κ1) is 20.2. The van der Waals surface area contributed by atoms with E-state index in [2.05, 4.69) is 4.90 Å². The molecule has 0 spiro atoms. The second kappa shape index (κ2) is 10.2. The normalized spacial score (nSPS) is 22.1. The molecule has 0 saturated carbocycles. The minimum Gasteiger partial charge on any atom is -0.378 e. The van der Waals surface area contributed by atoms with E-state index in [9.17, 15) is 9.18 Å². The van der Waals surface area contributed by atoms with Crippen LogP contribution in [0.4, 0.5) is 4.39 Å². The fourth-order valence-electron chi connectivity index (χ4n) is 4.13. The molecule has 150 valence electrons. The zero-order chi connectivity index (χ0) is 19.1. The van der Waals surface area contributed by atoms with Crippen LogP contribution in [0.15, 0.2) is 24.3 Å². The first-order valence-electron chi connectivity index (χ1n) is 10.2. The largest absolute Gasteiger partial charge is 0.378 e. The molecule has 1 aromatic carbocycles. The summed E-state index contributed by atoms with van der Waals surface area (Å²) >= 11 is 0. The number of nitrogens with zero attached hydrogens (tertiary/aromatic N) is 2. The van der Waals surface area contributed by atoms with Crippen molar-refractivity contribution in [3.8, 4) is 0 Å². The summed E-state index contributed by atoms with van der Waals surface area (Å²) in [5.74, 6) is 0.134. The number of hydrogen-bond donors (Lipinski definition) is 1. The first-order valence-corrected chi connectivity index (χ1v) is 10.2. The molecule has 3 rings (SSSR count). The minimum atomic E-state index is -0.200. The average molecular weight is 378 g/mol. The van der Waals surface area contributed by atoms with Crippen molar-refractivity contribution in [3.63, 3.8) is 0 Å². The molecule has 1 amide bonds. The Balaban J connectivity index is 1.46. The molecule has 2 aliphatic rings. The van der Waals surface area contributed by atoms with E-state index in [1.807, 2.05) is 11.0 Å². The molecule has 0 aliphatic carbocycles. The lowest BCUT2D eigenvalue weighted by Crippen LogP contribution is -2.48. The van der Waals surface area contributed by atoms with Crippen molar-refractivity contribution < 1.29 is 13.9 Å². The molecular weight excluding hydrogens is 345 g/mol. The van der Waals surface area contributed by atoms with Gasteiger partial charge >= 0.3 is 0 Å². The maximum Gasteiger partial charge on any atom is 0.226 e. The molecule has 2 fully saturated rings. The average Bonchev–Trinajstić information content (AvgIpc) is 2.68. The second-order valence-electron chi connectivity index (χ2n) is 7.74. The van der Waals surface area contributed by atoms with Gasteiger partial charge in [-0.2, -0.15) is 0 Å². The predicted octanol–water partition coefficient (Wildman–Crippen LogP) is 2.39. The molecule has 2 aliphatic heterocycles. The van der Waals surface area contributed by atoms with Crippen molar-refractivity contribution in [3.05, 3.63) is 35.6 Å². The fraction of sp³-hybridized carbons (Fsp3) is 0.667. The van der Waals surface area contributed by atoms with E-state index in [0.29, 0.717) is 19.7 Å². The summed E-state index contributed by atoms with van der Waals surface area (Å²) in [7, 11) is 0. The third kappa shape index (κ3) is 5.99. The molecule has 1 atom stereocenters. The Kier molecular flexibility index (Phi) is 7.61. The highest BCUT2D eigenvalue weighted by atomic mass is 19.1. The van der Waals surface area contributed by atoms with Crippen LogP contribution in [0.5, 0.6) is 0 Å². The second-order valence-corrected chi connectivity index (χ2v) is 7.74. The molecular formula is C21H32FN3O2. The molecule has 2 heterocycles. The zero-order valence-corrected chi connectivity index (χ0v) is 16.1. The van der Waals surface area contributed by atoms with Gasteiger partial charge in [-0.05, 0) is 62.9 Å². The molecule has 1 unspecified atom stereocenters. The van der Waals surface area contributed by atoms with E-state index < -0.39 is 0 Å². The summed E-state index contributed by atoms with van der Waals surface area (Å²) in [6, 6.07) is 6.75. The highest BCUT2D eigenvalue weighted by Gasteiger charge is 2.31. The van der Waals surface area contributed by atoms with E-state index >= 15 is 0 Å². The summed E-state index contributed by atoms with van der Waals surface area (Å²) in [6.07, 6.45) is 4.95. The van der Waals surface area contributed by atoms with Crippen LogP contribution in [-0.2, 0) is 16.1 Å². The van der Waals surface area contributed by atoms with Gasteiger partial charge in [0.2, 0.25) is 5.91 Å². The van der Waals surface area contributed by atoms with Gasteiger partial charge in [0.05, 0.1) is 12.0 Å². The number of nitrogens with two attached hydrogens (primary N) is 1. The number of hydrogen-bond acceptors (Lipinski definition) is 4. The van der Waals surface area contributed by atoms with Crippen molar-refractivity contribution in [2.24, 2.45) is 11.7 Å². The number of carbonyl (C=O) groups excluding carboxylic acids is 1. The number of benzene rings is 1. The number of carbonyl (C=O) groups is 1. The van der Waals surface area contributed by atoms with Gasteiger partial charge in [-0.1, -0.05) is 12.1 Å². The summed E-state index contributed by atoms with van der Waals surface area (Å²) in [5, 5.41) is 0. The van der Waals surface area contributed by atoms with Gasteiger partial charge in [0.1, 0.15) is 5.82 Å². The molecule has 6 heteroatoms. The molecule has 2 saturated heterocycles. The van der Waals surface area contributed by atoms with Gasteiger partial charge in [-0.3, -0.25) is 9.69 Å². The van der Waals surface area contributed by atoms with Gasteiger partial charge in [-0.25, -0.2) is 4.39 Å². The molecule has 0 aromatic heterocycles. The number of amides is 1. The Hall–Kier alpha value is -1.50. The fourth-order valence-corrected chi connectivity index (χ4v) is 4.13. The number of likely N-dealkylation sites (tertiary alicyclic amines) is 2. The van der Waals surface area contributed by atoms with Crippen LogP contribution in [0.25, 0.3) is 0 Å². The summed E-state index contributed by atoms with van der Waals surface area (Å²) in [4.78, 5) is 17.2. The van der Waals surface area contributed by atoms with Crippen LogP contribution >= 0.6 is 0 Å². The Morgan fingerprint density at radius 2 is 2.04 bits per heavy atom. The van der Waals surface area contributed by atoms with E-state index in [-0.39, 0.29) is 23.7 Å². The van der Waals surface area contributed by atoms with E-state index in [1.54, 1.807) is 12.1 Å². The van der Waals surface area contributed by atoms with Gasteiger partial charge in [0.15, 0.2) is 0 Å². The quantitative estimate of drug-likeness (QED) is 0.742. The molecule has 1 aromatic rings. The van der Waals surface area contributed by atoms with Crippen LogP contribution in [-0.4, -0.2) is 61.1 Å². The maximum absolute atomic E-state index is 13.4. The summed E-state index contributed by atoms with van der Waals surface area (Å²) in [5.41, 5.74) is 6.47. The lowest BCUT2D eigenvalue weighted by atomic mass is 9.95. The van der Waals surface area contributed by atoms with Gasteiger partial charge in [-0.15, -0.1) is 0 Å². The summed E-state index contributed by atoms with van der Waals surface area (Å²) in [6.45, 7) is 5.38. The monoisotopic (exact) mass is 377 g/mol. The lowest BCUT2D eigenvalue weighted by Gasteiger charge is -2.37. The van der Waals surface area contributed by atoms with Crippen LogP contribution < -0.4 is 5.73 Å². The number of piperidine rings is 2. The van der Waals surface area contributed by atoms with Crippen molar-refractivity contribution in [2.75, 3.05) is 39.3 Å². The predicted molar refractivity (Wildman–Crippen MR) is 104 cm³/mol. The van der Waals surface area contributed by atoms with Gasteiger partial charge in [0, 0.05) is 32.8 Å². The number of halogens is 1. The Labute approximate surface area is 161 Å². The molecule has 0 radical (unpaired) electrons. The third-order valence-electron chi connectivity index (χ3n) is 5.61. The topological polar surface area (TPSA) is 58.8 Å². The molecule has 5 nitrogen and oxygen atoms in total. The van der Waals surface area contributed by atoms with E-state index in [4.69, 9.17) is 10.5 Å².